The summed E-state index contributed by atoms with van der Waals surface area (Å²) < 4.78 is 70.0. The minimum Gasteiger partial charge on any atom is -0.490 e. The van der Waals surface area contributed by atoms with Gasteiger partial charge in [-0.3, -0.25) is 0 Å². The standard InChI is InChI=1S/C29H28F4O2/c1-3-4-5-16-34-25-15-14-23(28(32)29(25)33)20-10-8-19(9-11-20)22-12-13-24(27(31)26(22)30)21-7-6-18(2)35-17-21/h3-4,8-15,18,21H,5-7,16-17H2,1-2H3/b4-3-. The Balaban J connectivity index is 1.54. The molecule has 2 nitrogen and oxygen atoms in total. The van der Waals surface area contributed by atoms with Crippen molar-refractivity contribution in [1.82, 2.24) is 0 Å². The molecule has 0 radical (unpaired) electrons. The summed E-state index contributed by atoms with van der Waals surface area (Å²) in [6, 6.07) is 12.2. The van der Waals surface area contributed by atoms with Gasteiger partial charge in [-0.2, -0.15) is 4.39 Å². The second-order valence-corrected chi connectivity index (χ2v) is 8.77. The SMILES string of the molecule is C/C=C\CCOc1ccc(-c2ccc(-c3ccc(C4CCC(C)OC4)c(F)c3F)cc2)c(F)c1F. The number of rotatable bonds is 7. The lowest BCUT2D eigenvalue weighted by molar-refractivity contribution is 0.0147. The zero-order valence-corrected chi connectivity index (χ0v) is 19.8. The maximum atomic E-state index is 15.0. The highest BCUT2D eigenvalue weighted by Crippen LogP contribution is 2.35. The Labute approximate surface area is 203 Å². The van der Waals surface area contributed by atoms with Crippen molar-refractivity contribution in [2.75, 3.05) is 13.2 Å². The van der Waals surface area contributed by atoms with Gasteiger partial charge in [-0.05, 0) is 61.9 Å². The lowest BCUT2D eigenvalue weighted by Gasteiger charge is -2.27. The summed E-state index contributed by atoms with van der Waals surface area (Å²) in [5, 5.41) is 0. The zero-order valence-electron chi connectivity index (χ0n) is 19.8. The second-order valence-electron chi connectivity index (χ2n) is 8.77. The number of hydrogen-bond acceptors (Lipinski definition) is 2. The Morgan fingerprint density at radius 2 is 1.46 bits per heavy atom. The van der Waals surface area contributed by atoms with Crippen LogP contribution in [0, 0.1) is 23.3 Å². The molecule has 184 valence electrons. The summed E-state index contributed by atoms with van der Waals surface area (Å²) in [7, 11) is 0. The zero-order chi connectivity index (χ0) is 24.9. The first kappa shape index (κ1) is 25.0. The van der Waals surface area contributed by atoms with Crippen LogP contribution in [-0.4, -0.2) is 19.3 Å². The van der Waals surface area contributed by atoms with Crippen LogP contribution in [0.3, 0.4) is 0 Å². The van der Waals surface area contributed by atoms with Crippen LogP contribution < -0.4 is 4.74 Å². The van der Waals surface area contributed by atoms with Crippen LogP contribution in [0.5, 0.6) is 5.75 Å². The fourth-order valence-electron chi connectivity index (χ4n) is 4.33. The molecule has 3 aromatic rings. The van der Waals surface area contributed by atoms with Gasteiger partial charge in [0.15, 0.2) is 23.2 Å². The lowest BCUT2D eigenvalue weighted by Crippen LogP contribution is -2.23. The van der Waals surface area contributed by atoms with Crippen molar-refractivity contribution in [3.8, 4) is 28.0 Å². The number of ether oxygens (including phenoxy) is 2. The van der Waals surface area contributed by atoms with E-state index in [0.29, 0.717) is 29.7 Å². The molecule has 6 heteroatoms. The van der Waals surface area contributed by atoms with E-state index >= 15 is 0 Å². The summed E-state index contributed by atoms with van der Waals surface area (Å²) in [5.41, 5.74) is 1.34. The van der Waals surface area contributed by atoms with Crippen molar-refractivity contribution in [3.63, 3.8) is 0 Å². The van der Waals surface area contributed by atoms with Gasteiger partial charge in [-0.25, -0.2) is 13.2 Å². The quantitative estimate of drug-likeness (QED) is 0.191. The highest BCUT2D eigenvalue weighted by atomic mass is 19.2. The first-order chi connectivity index (χ1) is 16.9. The molecular formula is C29H28F4O2. The molecule has 0 amide bonds. The van der Waals surface area contributed by atoms with Gasteiger partial charge in [0.05, 0.1) is 19.3 Å². The van der Waals surface area contributed by atoms with E-state index in [9.17, 15) is 17.6 Å². The molecule has 0 saturated carbocycles. The Hall–Kier alpha value is -3.12. The molecule has 0 aliphatic carbocycles. The number of hydrogen-bond donors (Lipinski definition) is 0. The van der Waals surface area contributed by atoms with Crippen LogP contribution in [0.25, 0.3) is 22.3 Å². The molecular weight excluding hydrogens is 456 g/mol. The minimum absolute atomic E-state index is 0.0587. The molecule has 1 heterocycles. The summed E-state index contributed by atoms with van der Waals surface area (Å²) in [6.45, 7) is 4.44. The van der Waals surface area contributed by atoms with Crippen molar-refractivity contribution in [2.24, 2.45) is 0 Å². The molecule has 3 aromatic carbocycles. The topological polar surface area (TPSA) is 18.5 Å². The van der Waals surface area contributed by atoms with E-state index in [1.807, 2.05) is 26.0 Å². The first-order valence-corrected chi connectivity index (χ1v) is 11.8. The largest absolute Gasteiger partial charge is 0.490 e. The third-order valence-corrected chi connectivity index (χ3v) is 6.39. The number of benzene rings is 3. The Bertz CT molecular complexity index is 1200. The number of allylic oxidation sites excluding steroid dienone is 1. The molecule has 0 N–H and O–H groups in total. The van der Waals surface area contributed by atoms with Gasteiger partial charge in [0.25, 0.3) is 0 Å². The normalized spacial score (nSPS) is 18.2. The summed E-state index contributed by atoms with van der Waals surface area (Å²) >= 11 is 0. The molecule has 1 aliphatic rings. The summed E-state index contributed by atoms with van der Waals surface area (Å²) in [4.78, 5) is 0. The molecule has 4 rings (SSSR count). The fraction of sp³-hybridized carbons (Fsp3) is 0.310. The molecule has 1 fully saturated rings. The van der Waals surface area contributed by atoms with Crippen molar-refractivity contribution < 1.29 is 27.0 Å². The van der Waals surface area contributed by atoms with Gasteiger partial charge < -0.3 is 9.47 Å². The third kappa shape index (κ3) is 5.43. The Morgan fingerprint density at radius 3 is 2.06 bits per heavy atom. The van der Waals surface area contributed by atoms with E-state index in [4.69, 9.17) is 9.47 Å². The van der Waals surface area contributed by atoms with E-state index in [0.717, 1.165) is 12.8 Å². The highest BCUT2D eigenvalue weighted by molar-refractivity contribution is 5.72. The summed E-state index contributed by atoms with van der Waals surface area (Å²) in [6.07, 6.45) is 5.99. The van der Waals surface area contributed by atoms with Gasteiger partial charge >= 0.3 is 0 Å². The van der Waals surface area contributed by atoms with Crippen LogP contribution in [0.2, 0.25) is 0 Å². The predicted molar refractivity (Wildman–Crippen MR) is 129 cm³/mol. The van der Waals surface area contributed by atoms with Crippen LogP contribution in [0.15, 0.2) is 60.7 Å². The smallest absolute Gasteiger partial charge is 0.201 e. The molecule has 2 unspecified atom stereocenters. The van der Waals surface area contributed by atoms with Gasteiger partial charge in [0.1, 0.15) is 0 Å². The van der Waals surface area contributed by atoms with Gasteiger partial charge in [0, 0.05) is 17.0 Å². The van der Waals surface area contributed by atoms with Crippen LogP contribution in [-0.2, 0) is 4.74 Å². The van der Waals surface area contributed by atoms with Gasteiger partial charge in [-0.1, -0.05) is 48.6 Å². The van der Waals surface area contributed by atoms with E-state index in [-0.39, 0.29) is 35.5 Å². The first-order valence-electron chi connectivity index (χ1n) is 11.8. The maximum absolute atomic E-state index is 15.0. The van der Waals surface area contributed by atoms with E-state index in [2.05, 4.69) is 0 Å². The molecule has 1 aliphatic heterocycles. The number of halogens is 4. The van der Waals surface area contributed by atoms with Gasteiger partial charge in [-0.15, -0.1) is 0 Å². The van der Waals surface area contributed by atoms with E-state index in [1.165, 1.54) is 12.1 Å². The molecule has 1 saturated heterocycles. The van der Waals surface area contributed by atoms with Crippen molar-refractivity contribution in [2.45, 2.75) is 45.1 Å². The average Bonchev–Trinajstić information content (AvgIpc) is 2.87. The molecule has 35 heavy (non-hydrogen) atoms. The van der Waals surface area contributed by atoms with Gasteiger partial charge in [0.2, 0.25) is 5.82 Å². The highest BCUT2D eigenvalue weighted by Gasteiger charge is 2.25. The van der Waals surface area contributed by atoms with E-state index < -0.39 is 23.3 Å². The van der Waals surface area contributed by atoms with E-state index in [1.54, 1.807) is 36.4 Å². The second kappa shape index (κ2) is 11.1. The van der Waals surface area contributed by atoms with Crippen LogP contribution >= 0.6 is 0 Å². The molecule has 0 spiro atoms. The van der Waals surface area contributed by atoms with Crippen LogP contribution in [0.4, 0.5) is 17.6 Å². The summed E-state index contributed by atoms with van der Waals surface area (Å²) in [5.74, 6) is -4.20. The fourth-order valence-corrected chi connectivity index (χ4v) is 4.33. The maximum Gasteiger partial charge on any atom is 0.201 e. The Kier molecular flexibility index (Phi) is 7.91. The predicted octanol–water partition coefficient (Wildman–Crippen LogP) is 8.20. The van der Waals surface area contributed by atoms with Crippen molar-refractivity contribution in [3.05, 3.63) is 89.5 Å². The monoisotopic (exact) mass is 484 g/mol. The van der Waals surface area contributed by atoms with Crippen molar-refractivity contribution in [1.29, 1.82) is 0 Å². The Morgan fingerprint density at radius 1 is 0.829 bits per heavy atom. The van der Waals surface area contributed by atoms with Crippen LogP contribution in [0.1, 0.15) is 44.6 Å². The molecule has 0 bridgehead atoms. The third-order valence-electron chi connectivity index (χ3n) is 6.39. The molecule has 2 atom stereocenters. The lowest BCUT2D eigenvalue weighted by atomic mass is 9.89. The van der Waals surface area contributed by atoms with Crippen molar-refractivity contribution >= 4 is 0 Å². The molecule has 0 aromatic heterocycles. The minimum atomic E-state index is -1.06. The average molecular weight is 485 g/mol.